The van der Waals surface area contributed by atoms with Gasteiger partial charge in [-0.2, -0.15) is 0 Å². The lowest BCUT2D eigenvalue weighted by Gasteiger charge is -2.56. The monoisotopic (exact) mass is 423 g/mol. The minimum absolute atomic E-state index is 0. The first-order chi connectivity index (χ1) is 13.6. The first-order valence-corrected chi connectivity index (χ1v) is 11.9. The number of carbonyl (C=O) groups excluding carboxylic acids is 2. The molecule has 0 radical (unpaired) electrons. The Morgan fingerprint density at radius 3 is 2.31 bits per heavy atom. The van der Waals surface area contributed by atoms with E-state index in [0.717, 1.165) is 82.5 Å². The number of hydrogen-bond donors (Lipinski definition) is 2. The van der Waals surface area contributed by atoms with Crippen LogP contribution in [0.1, 0.15) is 70.6 Å². The van der Waals surface area contributed by atoms with Gasteiger partial charge < -0.3 is 15.5 Å². The Hall–Kier alpha value is -0.810. The molecule has 4 aliphatic carbocycles. The van der Waals surface area contributed by atoms with Crippen molar-refractivity contribution in [3.63, 3.8) is 0 Å². The zero-order valence-corrected chi connectivity index (χ0v) is 18.5. The van der Waals surface area contributed by atoms with Crippen LogP contribution in [0.5, 0.6) is 0 Å². The molecule has 29 heavy (non-hydrogen) atoms. The SMILES string of the molecule is Cl.O=C(NCCC1CCCNC1)C1CCCN1C(=O)C12CC3CC(CC(C3)C1)C2. The summed E-state index contributed by atoms with van der Waals surface area (Å²) in [5.74, 6) is 3.43. The Morgan fingerprint density at radius 1 is 1.00 bits per heavy atom. The third-order valence-electron chi connectivity index (χ3n) is 8.56. The highest BCUT2D eigenvalue weighted by Crippen LogP contribution is 2.60. The van der Waals surface area contributed by atoms with Crippen molar-refractivity contribution in [2.24, 2.45) is 29.1 Å². The van der Waals surface area contributed by atoms with E-state index >= 15 is 0 Å². The molecule has 5 nitrogen and oxygen atoms in total. The minimum Gasteiger partial charge on any atom is -0.354 e. The lowest BCUT2D eigenvalue weighted by atomic mass is 9.49. The van der Waals surface area contributed by atoms with Gasteiger partial charge in [0, 0.05) is 13.1 Å². The van der Waals surface area contributed by atoms with Crippen LogP contribution < -0.4 is 10.6 Å². The number of piperidine rings is 1. The summed E-state index contributed by atoms with van der Waals surface area (Å²) in [5, 5.41) is 6.62. The van der Waals surface area contributed by atoms with E-state index in [0.29, 0.717) is 11.8 Å². The smallest absolute Gasteiger partial charge is 0.242 e. The Morgan fingerprint density at radius 2 is 1.69 bits per heavy atom. The van der Waals surface area contributed by atoms with Crippen molar-refractivity contribution in [3.05, 3.63) is 0 Å². The molecular weight excluding hydrogens is 386 g/mol. The van der Waals surface area contributed by atoms with Crippen molar-refractivity contribution in [2.45, 2.75) is 76.7 Å². The summed E-state index contributed by atoms with van der Waals surface area (Å²) < 4.78 is 0. The van der Waals surface area contributed by atoms with Crippen LogP contribution in [0, 0.1) is 29.1 Å². The molecule has 2 unspecified atom stereocenters. The van der Waals surface area contributed by atoms with Crippen molar-refractivity contribution in [3.8, 4) is 0 Å². The molecule has 0 aromatic rings. The van der Waals surface area contributed by atoms with Crippen molar-refractivity contribution in [2.75, 3.05) is 26.2 Å². The first-order valence-electron chi connectivity index (χ1n) is 11.9. The molecule has 6 rings (SSSR count). The predicted molar refractivity (Wildman–Crippen MR) is 116 cm³/mol. The maximum atomic E-state index is 13.7. The predicted octanol–water partition coefficient (Wildman–Crippen LogP) is 3.12. The summed E-state index contributed by atoms with van der Waals surface area (Å²) in [7, 11) is 0. The van der Waals surface area contributed by atoms with Gasteiger partial charge in [0.05, 0.1) is 5.41 Å². The van der Waals surface area contributed by atoms with Gasteiger partial charge in [-0.05, 0) is 107 Å². The van der Waals surface area contributed by atoms with Gasteiger partial charge in [-0.15, -0.1) is 12.4 Å². The van der Waals surface area contributed by atoms with Crippen LogP contribution in [0.15, 0.2) is 0 Å². The highest BCUT2D eigenvalue weighted by Gasteiger charge is 2.56. The Bertz CT molecular complexity index is 584. The number of amides is 2. The summed E-state index contributed by atoms with van der Waals surface area (Å²) in [5.41, 5.74) is -0.120. The summed E-state index contributed by atoms with van der Waals surface area (Å²) in [4.78, 5) is 28.6. The molecular formula is C23H38ClN3O2. The number of nitrogens with one attached hydrogen (secondary N) is 2. The molecule has 2 heterocycles. The molecule has 2 amide bonds. The standard InChI is InChI=1S/C23H37N3O2.ClH/c27-21(25-7-5-16-3-1-6-24-15-16)20-4-2-8-26(20)22(28)23-12-17-9-18(13-23)11-19(10-17)14-23;/h16-20,24H,1-15H2,(H,25,27);1H. The normalized spacial score (nSPS) is 40.6. The number of likely N-dealkylation sites (tertiary alicyclic amines) is 1. The van der Waals surface area contributed by atoms with Crippen LogP contribution in [0.3, 0.4) is 0 Å². The highest BCUT2D eigenvalue weighted by atomic mass is 35.5. The van der Waals surface area contributed by atoms with Gasteiger partial charge >= 0.3 is 0 Å². The van der Waals surface area contributed by atoms with E-state index in [-0.39, 0.29) is 29.8 Å². The second kappa shape index (κ2) is 8.74. The van der Waals surface area contributed by atoms with Crippen LogP contribution >= 0.6 is 12.4 Å². The molecule has 6 heteroatoms. The highest BCUT2D eigenvalue weighted by molar-refractivity contribution is 5.91. The number of rotatable bonds is 5. The third kappa shape index (κ3) is 4.19. The van der Waals surface area contributed by atoms with Crippen LogP contribution in [-0.4, -0.2) is 48.9 Å². The van der Waals surface area contributed by atoms with Crippen molar-refractivity contribution >= 4 is 24.2 Å². The van der Waals surface area contributed by atoms with E-state index in [1.807, 2.05) is 4.90 Å². The molecule has 164 valence electrons. The molecule has 0 aromatic heterocycles. The lowest BCUT2D eigenvalue weighted by Crippen LogP contribution is -2.57. The van der Waals surface area contributed by atoms with Gasteiger partial charge in [-0.3, -0.25) is 9.59 Å². The summed E-state index contributed by atoms with van der Waals surface area (Å²) in [6.07, 6.45) is 12.7. The number of hydrogen-bond acceptors (Lipinski definition) is 3. The van der Waals surface area contributed by atoms with Gasteiger partial charge in [-0.1, -0.05) is 0 Å². The van der Waals surface area contributed by atoms with Gasteiger partial charge in [0.15, 0.2) is 0 Å². The largest absolute Gasteiger partial charge is 0.354 e. The lowest BCUT2D eigenvalue weighted by molar-refractivity contribution is -0.160. The fourth-order valence-corrected chi connectivity index (χ4v) is 7.65. The van der Waals surface area contributed by atoms with Gasteiger partial charge in [-0.25, -0.2) is 0 Å². The Labute approximate surface area is 181 Å². The van der Waals surface area contributed by atoms with Gasteiger partial charge in [0.2, 0.25) is 11.8 Å². The summed E-state index contributed by atoms with van der Waals surface area (Å²) in [6.45, 7) is 3.74. The van der Waals surface area contributed by atoms with Gasteiger partial charge in [0.1, 0.15) is 6.04 Å². The maximum Gasteiger partial charge on any atom is 0.242 e. The van der Waals surface area contributed by atoms with Crippen molar-refractivity contribution in [1.82, 2.24) is 15.5 Å². The first kappa shape index (κ1) is 21.4. The van der Waals surface area contributed by atoms with Crippen molar-refractivity contribution in [1.29, 1.82) is 0 Å². The topological polar surface area (TPSA) is 61.4 Å². The Balaban J connectivity index is 0.00000205. The second-order valence-corrected chi connectivity index (χ2v) is 10.6. The average molecular weight is 424 g/mol. The summed E-state index contributed by atoms with van der Waals surface area (Å²) in [6, 6.07) is -0.218. The molecule has 0 spiro atoms. The number of nitrogens with zero attached hydrogens (tertiary/aromatic N) is 1. The van der Waals surface area contributed by atoms with Gasteiger partial charge in [0.25, 0.3) is 0 Å². The molecule has 2 aliphatic heterocycles. The zero-order valence-electron chi connectivity index (χ0n) is 17.7. The van der Waals surface area contributed by atoms with Crippen molar-refractivity contribution < 1.29 is 9.59 Å². The maximum absolute atomic E-state index is 13.7. The zero-order chi connectivity index (χ0) is 19.1. The molecule has 2 N–H and O–H groups in total. The number of carbonyl (C=O) groups is 2. The molecule has 6 fully saturated rings. The Kier molecular flexibility index (Phi) is 6.46. The molecule has 6 aliphatic rings. The van der Waals surface area contributed by atoms with Crippen LogP contribution in [0.2, 0.25) is 0 Å². The van der Waals surface area contributed by atoms with E-state index in [1.165, 1.54) is 32.1 Å². The summed E-state index contributed by atoms with van der Waals surface area (Å²) >= 11 is 0. The van der Waals surface area contributed by atoms with E-state index in [2.05, 4.69) is 10.6 Å². The van der Waals surface area contributed by atoms with E-state index in [9.17, 15) is 9.59 Å². The van der Waals surface area contributed by atoms with Crippen LogP contribution in [0.25, 0.3) is 0 Å². The second-order valence-electron chi connectivity index (χ2n) is 10.6. The van der Waals surface area contributed by atoms with E-state index in [1.54, 1.807) is 0 Å². The molecule has 0 aromatic carbocycles. The average Bonchev–Trinajstić information content (AvgIpc) is 3.17. The van der Waals surface area contributed by atoms with Crippen LogP contribution in [0.4, 0.5) is 0 Å². The number of halogens is 1. The molecule has 2 atom stereocenters. The van der Waals surface area contributed by atoms with E-state index < -0.39 is 0 Å². The minimum atomic E-state index is -0.218. The molecule has 4 bridgehead atoms. The fourth-order valence-electron chi connectivity index (χ4n) is 7.65. The van der Waals surface area contributed by atoms with E-state index in [4.69, 9.17) is 0 Å². The van der Waals surface area contributed by atoms with Crippen LogP contribution in [-0.2, 0) is 9.59 Å². The molecule has 2 saturated heterocycles. The third-order valence-corrected chi connectivity index (χ3v) is 8.56. The molecule has 4 saturated carbocycles. The quantitative estimate of drug-likeness (QED) is 0.714. The fraction of sp³-hybridized carbons (Fsp3) is 0.913.